The molecule has 0 fully saturated rings. The van der Waals surface area contributed by atoms with E-state index in [9.17, 15) is 4.79 Å². The summed E-state index contributed by atoms with van der Waals surface area (Å²) in [5, 5.41) is 4.11. The van der Waals surface area contributed by atoms with Crippen LogP contribution in [-0.2, 0) is 4.74 Å². The van der Waals surface area contributed by atoms with E-state index in [-0.39, 0.29) is 0 Å². The van der Waals surface area contributed by atoms with Crippen LogP contribution < -0.4 is 0 Å². The smallest absolute Gasteiger partial charge is 0.416 e. The molecule has 1 amide bonds. The van der Waals surface area contributed by atoms with Gasteiger partial charge in [0.05, 0.1) is 7.11 Å². The monoisotopic (exact) mass is 142 g/mol. The molecule has 10 heavy (non-hydrogen) atoms. The number of ether oxygens (including phenoxy) is 1. The van der Waals surface area contributed by atoms with Crippen molar-refractivity contribution in [2.75, 3.05) is 7.11 Å². The number of nitrogens with zero attached hydrogens (tertiary/aromatic N) is 2. The van der Waals surface area contributed by atoms with Gasteiger partial charge in [-0.05, 0) is 0 Å². The normalized spacial score (nSPS) is 9.30. The van der Waals surface area contributed by atoms with Gasteiger partial charge in [0.1, 0.15) is 0 Å². The molecule has 0 aromatic carbocycles. The predicted octanol–water partition coefficient (Wildman–Crippen LogP) is 1.19. The average Bonchev–Trinajstić information content (AvgIpc) is 1.99. The first kappa shape index (κ1) is 8.48. The zero-order valence-corrected chi connectivity index (χ0v) is 5.57. The number of nitrogens with one attached hydrogen (secondary N) is 1. The summed E-state index contributed by atoms with van der Waals surface area (Å²) in [7, 11) is 1.22. The van der Waals surface area contributed by atoms with Crippen molar-refractivity contribution in [2.24, 2.45) is 5.10 Å². The molecule has 0 rings (SSSR count). The number of hydrogen-bond donors (Lipinski definition) is 0. The fraction of sp³-hybridized carbons (Fsp3) is 0.200. The van der Waals surface area contributed by atoms with Crippen molar-refractivity contribution in [3.63, 3.8) is 0 Å². The molecule has 0 aromatic rings. The molecule has 1 N–H and O–H groups in total. The fourth-order valence-corrected chi connectivity index (χ4v) is 0.325. The van der Waals surface area contributed by atoms with E-state index in [4.69, 9.17) is 5.73 Å². The highest BCUT2D eigenvalue weighted by atomic mass is 16.5. The van der Waals surface area contributed by atoms with E-state index in [0.29, 0.717) is 0 Å². The van der Waals surface area contributed by atoms with E-state index >= 15 is 0 Å². The van der Waals surface area contributed by atoms with Crippen LogP contribution in [0.25, 0.3) is 5.73 Å². The minimum absolute atomic E-state index is 0.668. The maximum absolute atomic E-state index is 10.6. The summed E-state index contributed by atoms with van der Waals surface area (Å²) < 4.78 is 4.27. The van der Waals surface area contributed by atoms with Gasteiger partial charge in [0.25, 0.3) is 0 Å². The minimum Gasteiger partial charge on any atom is -0.487 e. The molecule has 5 nitrogen and oxygen atoms in total. The maximum Gasteiger partial charge on any atom is 0.416 e. The number of carbonyl (C=O) groups is 1. The van der Waals surface area contributed by atoms with E-state index in [1.165, 1.54) is 7.11 Å². The van der Waals surface area contributed by atoms with Gasteiger partial charge in [-0.3, -0.25) is 5.01 Å². The van der Waals surface area contributed by atoms with Crippen molar-refractivity contribution in [2.45, 2.75) is 0 Å². The van der Waals surface area contributed by atoms with E-state index in [2.05, 4.69) is 16.4 Å². The molecular formula is C5H8N3O2-. The Morgan fingerprint density at radius 2 is 2.50 bits per heavy atom. The van der Waals surface area contributed by atoms with Gasteiger partial charge in [0.15, 0.2) is 0 Å². The van der Waals surface area contributed by atoms with Crippen LogP contribution in [-0.4, -0.2) is 24.6 Å². The van der Waals surface area contributed by atoms with Crippen LogP contribution in [0.2, 0.25) is 0 Å². The SMILES string of the molecule is C=CN(N=C[NH-])C(=O)OC. The number of hydrazone groups is 1. The van der Waals surface area contributed by atoms with Gasteiger partial charge in [-0.25, -0.2) is 4.79 Å². The van der Waals surface area contributed by atoms with E-state index in [1.54, 1.807) is 0 Å². The first-order chi connectivity index (χ1) is 4.76. The highest BCUT2D eigenvalue weighted by molar-refractivity contribution is 5.71. The van der Waals surface area contributed by atoms with E-state index < -0.39 is 6.09 Å². The molecule has 0 bridgehead atoms. The van der Waals surface area contributed by atoms with Crippen molar-refractivity contribution < 1.29 is 9.53 Å². The lowest BCUT2D eigenvalue weighted by molar-refractivity contribution is 0.141. The second-order valence-electron chi connectivity index (χ2n) is 1.24. The Kier molecular flexibility index (Phi) is 3.70. The molecule has 0 heterocycles. The first-order valence-electron chi connectivity index (χ1n) is 2.45. The first-order valence-corrected chi connectivity index (χ1v) is 2.45. The largest absolute Gasteiger partial charge is 0.487 e. The topological polar surface area (TPSA) is 65.7 Å². The standard InChI is InChI=1S/C5H8N3O2/c1-3-8(7-4-6)5(9)10-2/h3-4H,1H2,2H3,(H-,6,7)/q-1. The van der Waals surface area contributed by atoms with Crippen LogP contribution in [0, 0.1) is 0 Å². The average molecular weight is 142 g/mol. The van der Waals surface area contributed by atoms with Gasteiger partial charge in [-0.2, -0.15) is 0 Å². The molecule has 5 heteroatoms. The molecule has 0 atom stereocenters. The van der Waals surface area contributed by atoms with Gasteiger partial charge < -0.3 is 15.6 Å². The maximum atomic E-state index is 10.6. The van der Waals surface area contributed by atoms with E-state index in [1.807, 2.05) is 0 Å². The number of hydrogen-bond acceptors (Lipinski definition) is 3. The third-order valence-corrected chi connectivity index (χ3v) is 0.717. The summed E-state index contributed by atoms with van der Waals surface area (Å²) in [6.45, 7) is 3.28. The number of methoxy groups -OCH3 is 1. The number of rotatable bonds is 2. The highest BCUT2D eigenvalue weighted by Crippen LogP contribution is 1.92. The Bertz CT molecular complexity index is 155. The zero-order valence-electron chi connectivity index (χ0n) is 5.57. The Hall–Kier alpha value is -1.52. The lowest BCUT2D eigenvalue weighted by Gasteiger charge is -2.15. The van der Waals surface area contributed by atoms with Gasteiger partial charge in [-0.1, -0.05) is 12.9 Å². The van der Waals surface area contributed by atoms with Crippen LogP contribution >= 0.6 is 0 Å². The molecule has 0 radical (unpaired) electrons. The van der Waals surface area contributed by atoms with Crippen LogP contribution in [0.5, 0.6) is 0 Å². The molecule has 56 valence electrons. The minimum atomic E-state index is -0.668. The molecular weight excluding hydrogens is 134 g/mol. The molecule has 0 spiro atoms. The Labute approximate surface area is 58.7 Å². The lowest BCUT2D eigenvalue weighted by Crippen LogP contribution is -2.19. The predicted molar refractivity (Wildman–Crippen MR) is 37.3 cm³/mol. The summed E-state index contributed by atoms with van der Waals surface area (Å²) in [6, 6.07) is 0. The van der Waals surface area contributed by atoms with Crippen LogP contribution in [0.4, 0.5) is 4.79 Å². The molecule has 0 saturated carbocycles. The van der Waals surface area contributed by atoms with Crippen LogP contribution in [0.3, 0.4) is 0 Å². The second-order valence-corrected chi connectivity index (χ2v) is 1.24. The summed E-state index contributed by atoms with van der Waals surface area (Å²) in [5.74, 6) is 0. The highest BCUT2D eigenvalue weighted by Gasteiger charge is 2.00. The Balaban J connectivity index is 4.06. The molecule has 0 aliphatic carbocycles. The second kappa shape index (κ2) is 4.37. The number of amides is 1. The lowest BCUT2D eigenvalue weighted by atomic mass is 10.9. The Morgan fingerprint density at radius 3 is 2.80 bits per heavy atom. The molecule has 0 unspecified atom stereocenters. The third-order valence-electron chi connectivity index (χ3n) is 0.717. The molecule has 0 saturated heterocycles. The van der Waals surface area contributed by atoms with Crippen molar-refractivity contribution in [3.05, 3.63) is 18.5 Å². The van der Waals surface area contributed by atoms with Gasteiger partial charge in [0.2, 0.25) is 0 Å². The number of carbonyl (C=O) groups excluding carboxylic acids is 1. The van der Waals surface area contributed by atoms with Gasteiger partial charge in [0, 0.05) is 6.20 Å². The van der Waals surface area contributed by atoms with Crippen molar-refractivity contribution in [1.29, 1.82) is 0 Å². The third kappa shape index (κ3) is 2.17. The molecule has 0 aliphatic rings. The summed E-state index contributed by atoms with van der Waals surface area (Å²) in [4.78, 5) is 10.6. The van der Waals surface area contributed by atoms with Crippen molar-refractivity contribution >= 4 is 12.4 Å². The van der Waals surface area contributed by atoms with Gasteiger partial charge >= 0.3 is 6.09 Å². The van der Waals surface area contributed by atoms with E-state index in [0.717, 1.165) is 17.5 Å². The molecule has 0 aromatic heterocycles. The summed E-state index contributed by atoms with van der Waals surface area (Å²) in [6.07, 6.45) is 1.20. The fourth-order valence-electron chi connectivity index (χ4n) is 0.325. The molecule has 0 aliphatic heterocycles. The van der Waals surface area contributed by atoms with Crippen LogP contribution in [0.1, 0.15) is 0 Å². The van der Waals surface area contributed by atoms with Gasteiger partial charge in [-0.15, -0.1) is 0 Å². The zero-order chi connectivity index (χ0) is 7.98. The quantitative estimate of drug-likeness (QED) is 0.330. The Morgan fingerprint density at radius 1 is 1.90 bits per heavy atom. The summed E-state index contributed by atoms with van der Waals surface area (Å²) >= 11 is 0. The van der Waals surface area contributed by atoms with Crippen molar-refractivity contribution in [3.8, 4) is 0 Å². The van der Waals surface area contributed by atoms with Crippen molar-refractivity contribution in [1.82, 2.24) is 5.01 Å². The van der Waals surface area contributed by atoms with Crippen LogP contribution in [0.15, 0.2) is 17.9 Å². The summed E-state index contributed by atoms with van der Waals surface area (Å²) in [5.41, 5.74) is 6.52.